The summed E-state index contributed by atoms with van der Waals surface area (Å²) in [6.45, 7) is 3.18. The maximum atomic E-state index is 11.1. The second kappa shape index (κ2) is 9.26. The zero-order chi connectivity index (χ0) is 19.9. The minimum atomic E-state index is -0.911. The van der Waals surface area contributed by atoms with E-state index < -0.39 is 12.1 Å². The molecule has 0 bridgehead atoms. The lowest BCUT2D eigenvalue weighted by atomic mass is 9.97. The van der Waals surface area contributed by atoms with Crippen molar-refractivity contribution in [3.8, 4) is 11.1 Å². The first-order valence-electron chi connectivity index (χ1n) is 9.26. The van der Waals surface area contributed by atoms with Crippen molar-refractivity contribution in [1.82, 2.24) is 10.3 Å². The number of carboxylic acid groups (broad SMARTS) is 1. The van der Waals surface area contributed by atoms with Gasteiger partial charge in [0.1, 0.15) is 0 Å². The van der Waals surface area contributed by atoms with Gasteiger partial charge in [-0.3, -0.25) is 4.98 Å². The molecule has 0 aliphatic rings. The number of aliphatic hydroxyl groups excluding tert-OH is 1. The van der Waals surface area contributed by atoms with Crippen molar-refractivity contribution in [2.24, 2.45) is 0 Å². The van der Waals surface area contributed by atoms with Crippen LogP contribution in [0, 0.1) is 6.92 Å². The van der Waals surface area contributed by atoms with Gasteiger partial charge in [0.05, 0.1) is 11.7 Å². The quantitative estimate of drug-likeness (QED) is 0.523. The summed E-state index contributed by atoms with van der Waals surface area (Å²) in [5.41, 5.74) is 5.36. The Labute approximate surface area is 164 Å². The molecule has 0 fully saturated rings. The Bertz CT molecular complexity index is 924. The van der Waals surface area contributed by atoms with E-state index >= 15 is 0 Å². The number of aromatic carboxylic acids is 1. The maximum Gasteiger partial charge on any atom is 0.335 e. The molecule has 0 amide bonds. The van der Waals surface area contributed by atoms with Gasteiger partial charge in [-0.2, -0.15) is 0 Å². The predicted molar refractivity (Wildman–Crippen MR) is 109 cm³/mol. The van der Waals surface area contributed by atoms with Crippen LogP contribution in [0.25, 0.3) is 11.1 Å². The Morgan fingerprint density at radius 3 is 2.57 bits per heavy atom. The van der Waals surface area contributed by atoms with Crippen LogP contribution in [-0.2, 0) is 6.42 Å². The van der Waals surface area contributed by atoms with Gasteiger partial charge in [-0.25, -0.2) is 4.79 Å². The molecule has 0 radical (unpaired) electrons. The number of pyridine rings is 1. The average Bonchev–Trinajstić information content (AvgIpc) is 2.72. The second-order valence-electron chi connectivity index (χ2n) is 6.79. The molecule has 0 saturated carbocycles. The van der Waals surface area contributed by atoms with Gasteiger partial charge in [0.2, 0.25) is 0 Å². The molecule has 0 aliphatic carbocycles. The molecule has 1 heterocycles. The average molecular weight is 376 g/mol. The number of hydrogen-bond donors (Lipinski definition) is 3. The third kappa shape index (κ3) is 5.03. The van der Waals surface area contributed by atoms with Crippen LogP contribution in [0.15, 0.2) is 67.0 Å². The third-order valence-corrected chi connectivity index (χ3v) is 4.74. The molecule has 1 unspecified atom stereocenters. The van der Waals surface area contributed by atoms with Gasteiger partial charge in [-0.1, -0.05) is 36.4 Å². The Balaban J connectivity index is 1.53. The molecule has 1 atom stereocenters. The van der Waals surface area contributed by atoms with Gasteiger partial charge >= 0.3 is 5.97 Å². The minimum absolute atomic E-state index is 0.303. The highest BCUT2D eigenvalue weighted by atomic mass is 16.4. The van der Waals surface area contributed by atoms with E-state index in [1.165, 1.54) is 5.56 Å². The summed E-state index contributed by atoms with van der Waals surface area (Å²) < 4.78 is 0. The Kier molecular flexibility index (Phi) is 6.53. The van der Waals surface area contributed by atoms with Crippen LogP contribution in [0.3, 0.4) is 0 Å². The van der Waals surface area contributed by atoms with E-state index in [4.69, 9.17) is 5.11 Å². The van der Waals surface area contributed by atoms with Crippen molar-refractivity contribution in [1.29, 1.82) is 0 Å². The van der Waals surface area contributed by atoms with Crippen LogP contribution >= 0.6 is 0 Å². The van der Waals surface area contributed by atoms with E-state index in [0.29, 0.717) is 12.1 Å². The molecule has 3 rings (SSSR count). The smallest absolute Gasteiger partial charge is 0.335 e. The molecule has 5 heteroatoms. The molecule has 2 aromatic carbocycles. The first-order valence-corrected chi connectivity index (χ1v) is 9.26. The molecule has 3 aromatic rings. The SMILES string of the molecule is Cc1cc(C(=O)O)ccc1-c1ccc(CCNCC(O)c2cccnc2)cc1. The van der Waals surface area contributed by atoms with E-state index in [9.17, 15) is 9.90 Å². The second-order valence-corrected chi connectivity index (χ2v) is 6.79. The number of aliphatic hydroxyl groups is 1. The van der Waals surface area contributed by atoms with Crippen LogP contribution in [0.4, 0.5) is 0 Å². The molecule has 3 N–H and O–H groups in total. The topological polar surface area (TPSA) is 82.5 Å². The molecule has 1 aromatic heterocycles. The van der Waals surface area contributed by atoms with Gasteiger partial charge in [-0.05, 0) is 60.3 Å². The van der Waals surface area contributed by atoms with Crippen LogP contribution in [0.2, 0.25) is 0 Å². The molecule has 144 valence electrons. The number of carbonyl (C=O) groups is 1. The minimum Gasteiger partial charge on any atom is -0.478 e. The first-order chi connectivity index (χ1) is 13.5. The zero-order valence-corrected chi connectivity index (χ0v) is 15.8. The van der Waals surface area contributed by atoms with E-state index in [2.05, 4.69) is 34.6 Å². The maximum absolute atomic E-state index is 11.1. The fourth-order valence-electron chi connectivity index (χ4n) is 3.13. The molecular weight excluding hydrogens is 352 g/mol. The summed E-state index contributed by atoms with van der Waals surface area (Å²) in [6.07, 6.45) is 3.66. The van der Waals surface area contributed by atoms with Gasteiger partial charge in [0.15, 0.2) is 0 Å². The highest BCUT2D eigenvalue weighted by molar-refractivity contribution is 5.89. The number of nitrogens with zero attached hydrogens (tertiary/aromatic N) is 1. The number of rotatable bonds is 8. The van der Waals surface area contributed by atoms with Crippen molar-refractivity contribution >= 4 is 5.97 Å². The largest absolute Gasteiger partial charge is 0.478 e. The van der Waals surface area contributed by atoms with Gasteiger partial charge in [0.25, 0.3) is 0 Å². The number of carboxylic acids is 1. The number of aryl methyl sites for hydroxylation is 1. The predicted octanol–water partition coefficient (Wildman–Crippen LogP) is 3.62. The zero-order valence-electron chi connectivity index (χ0n) is 15.8. The number of nitrogens with one attached hydrogen (secondary N) is 1. The highest BCUT2D eigenvalue weighted by Gasteiger charge is 2.08. The Hall–Kier alpha value is -3.02. The number of benzene rings is 2. The fourth-order valence-corrected chi connectivity index (χ4v) is 3.13. The lowest BCUT2D eigenvalue weighted by Crippen LogP contribution is -2.23. The van der Waals surface area contributed by atoms with Crippen LogP contribution in [-0.4, -0.2) is 34.3 Å². The molecular formula is C23H24N2O3. The van der Waals surface area contributed by atoms with Gasteiger partial charge in [0, 0.05) is 24.5 Å². The summed E-state index contributed by atoms with van der Waals surface area (Å²) in [7, 11) is 0. The standard InChI is InChI=1S/C23H24N2O3/c1-16-13-19(23(27)28)8-9-21(16)18-6-4-17(5-7-18)10-12-25-15-22(26)20-3-2-11-24-14-20/h2-9,11,13-14,22,25-26H,10,12,15H2,1H3,(H,27,28). The molecule has 5 nitrogen and oxygen atoms in total. The van der Waals surface area contributed by atoms with E-state index in [0.717, 1.165) is 35.2 Å². The number of aromatic nitrogens is 1. The molecule has 0 saturated heterocycles. The monoisotopic (exact) mass is 376 g/mol. The fraction of sp³-hybridized carbons (Fsp3) is 0.217. The van der Waals surface area contributed by atoms with Gasteiger partial charge < -0.3 is 15.5 Å². The number of hydrogen-bond acceptors (Lipinski definition) is 4. The summed E-state index contributed by atoms with van der Waals surface area (Å²) in [4.78, 5) is 15.1. The summed E-state index contributed by atoms with van der Waals surface area (Å²) in [5, 5.41) is 22.5. The summed E-state index contributed by atoms with van der Waals surface area (Å²) in [6, 6.07) is 17.2. The van der Waals surface area contributed by atoms with Crippen LogP contribution < -0.4 is 5.32 Å². The van der Waals surface area contributed by atoms with Crippen molar-refractivity contribution in [3.05, 3.63) is 89.2 Å². The first kappa shape index (κ1) is 19.7. The van der Waals surface area contributed by atoms with Crippen LogP contribution in [0.5, 0.6) is 0 Å². The lowest BCUT2D eigenvalue weighted by molar-refractivity contribution is 0.0697. The van der Waals surface area contributed by atoms with E-state index in [-0.39, 0.29) is 0 Å². The Morgan fingerprint density at radius 1 is 1.14 bits per heavy atom. The molecule has 0 spiro atoms. The molecule has 0 aliphatic heterocycles. The van der Waals surface area contributed by atoms with Crippen molar-refractivity contribution in [3.63, 3.8) is 0 Å². The van der Waals surface area contributed by atoms with E-state index in [1.807, 2.05) is 25.1 Å². The lowest BCUT2D eigenvalue weighted by Gasteiger charge is -2.12. The van der Waals surface area contributed by atoms with Gasteiger partial charge in [-0.15, -0.1) is 0 Å². The van der Waals surface area contributed by atoms with Crippen molar-refractivity contribution in [2.45, 2.75) is 19.4 Å². The summed E-state index contributed by atoms with van der Waals surface area (Å²) in [5.74, 6) is -0.911. The highest BCUT2D eigenvalue weighted by Crippen LogP contribution is 2.25. The third-order valence-electron chi connectivity index (χ3n) is 4.74. The normalized spacial score (nSPS) is 11.9. The van der Waals surface area contributed by atoms with Crippen LogP contribution in [0.1, 0.15) is 33.2 Å². The summed E-state index contributed by atoms with van der Waals surface area (Å²) >= 11 is 0. The Morgan fingerprint density at radius 2 is 1.93 bits per heavy atom. The van der Waals surface area contributed by atoms with Crippen molar-refractivity contribution < 1.29 is 15.0 Å². The van der Waals surface area contributed by atoms with Crippen molar-refractivity contribution in [2.75, 3.05) is 13.1 Å². The molecule has 28 heavy (non-hydrogen) atoms. The van der Waals surface area contributed by atoms with E-state index in [1.54, 1.807) is 24.5 Å².